The number of carbonyl (C=O) groups is 2. The summed E-state index contributed by atoms with van der Waals surface area (Å²) >= 11 is 5.96. The molecule has 1 heterocycles. The molecule has 27 heavy (non-hydrogen) atoms. The Morgan fingerprint density at radius 1 is 1.15 bits per heavy atom. The maximum atomic E-state index is 12.5. The van der Waals surface area contributed by atoms with Crippen LogP contribution in [0, 0.1) is 0 Å². The minimum absolute atomic E-state index is 0.348. The molecule has 0 fully saturated rings. The average Bonchev–Trinajstić information content (AvgIpc) is 2.67. The molecule has 2 aromatic carbocycles. The largest absolute Gasteiger partial charge is 0.495 e. The third kappa shape index (κ3) is 4.17. The number of benzene rings is 2. The van der Waals surface area contributed by atoms with E-state index in [0.717, 1.165) is 0 Å². The molecule has 1 aromatic heterocycles. The first-order valence-electron chi connectivity index (χ1n) is 8.18. The standard InChI is InChI=1S/C20H17ClN2O4/c1-12(19(24)23-17-11-13(21)8-9-18(17)26-2)27-20(25)15-5-3-7-16-14(15)6-4-10-22-16/h3-12H,1-2H3,(H,23,24). The SMILES string of the molecule is COc1ccc(Cl)cc1NC(=O)C(C)OC(=O)c1cccc2ncccc12. The summed E-state index contributed by atoms with van der Waals surface area (Å²) in [6.07, 6.45) is 0.624. The fraction of sp³-hybridized carbons (Fsp3) is 0.150. The van der Waals surface area contributed by atoms with Crippen molar-refractivity contribution in [3.05, 3.63) is 65.3 Å². The topological polar surface area (TPSA) is 77.5 Å². The number of nitrogens with one attached hydrogen (secondary N) is 1. The quantitative estimate of drug-likeness (QED) is 0.670. The summed E-state index contributed by atoms with van der Waals surface area (Å²) in [7, 11) is 1.48. The lowest BCUT2D eigenvalue weighted by atomic mass is 10.1. The smallest absolute Gasteiger partial charge is 0.339 e. The summed E-state index contributed by atoms with van der Waals surface area (Å²) in [6, 6.07) is 13.5. The molecule has 0 aliphatic rings. The van der Waals surface area contributed by atoms with Crippen molar-refractivity contribution in [1.82, 2.24) is 4.98 Å². The van der Waals surface area contributed by atoms with Gasteiger partial charge in [0, 0.05) is 16.6 Å². The van der Waals surface area contributed by atoms with Gasteiger partial charge < -0.3 is 14.8 Å². The van der Waals surface area contributed by atoms with Gasteiger partial charge in [0.1, 0.15) is 5.75 Å². The van der Waals surface area contributed by atoms with E-state index >= 15 is 0 Å². The summed E-state index contributed by atoms with van der Waals surface area (Å²) in [5.74, 6) is -0.650. The molecule has 0 bridgehead atoms. The van der Waals surface area contributed by atoms with E-state index in [-0.39, 0.29) is 0 Å². The zero-order chi connectivity index (χ0) is 19.4. The molecule has 1 unspecified atom stereocenters. The Morgan fingerprint density at radius 3 is 2.74 bits per heavy atom. The number of hydrogen-bond acceptors (Lipinski definition) is 5. The third-order valence-corrected chi connectivity index (χ3v) is 4.17. The molecule has 0 aliphatic heterocycles. The molecular formula is C20H17ClN2O4. The van der Waals surface area contributed by atoms with Gasteiger partial charge in [-0.15, -0.1) is 0 Å². The second kappa shape index (κ2) is 8.05. The average molecular weight is 385 g/mol. The van der Waals surface area contributed by atoms with Gasteiger partial charge in [0.2, 0.25) is 0 Å². The highest BCUT2D eigenvalue weighted by molar-refractivity contribution is 6.31. The molecule has 3 aromatic rings. The number of carbonyl (C=O) groups excluding carboxylic acids is 2. The molecule has 0 saturated carbocycles. The van der Waals surface area contributed by atoms with E-state index in [2.05, 4.69) is 10.3 Å². The maximum absolute atomic E-state index is 12.5. The number of aromatic nitrogens is 1. The molecule has 0 saturated heterocycles. The summed E-state index contributed by atoms with van der Waals surface area (Å²) in [4.78, 5) is 29.2. The van der Waals surface area contributed by atoms with Crippen LogP contribution >= 0.6 is 11.6 Å². The number of fused-ring (bicyclic) bond motifs is 1. The van der Waals surface area contributed by atoms with Crippen LogP contribution in [0.4, 0.5) is 5.69 Å². The van der Waals surface area contributed by atoms with Crippen molar-refractivity contribution in [3.8, 4) is 5.75 Å². The van der Waals surface area contributed by atoms with E-state index in [4.69, 9.17) is 21.1 Å². The number of esters is 1. The molecule has 3 rings (SSSR count). The van der Waals surface area contributed by atoms with Gasteiger partial charge in [-0.25, -0.2) is 4.79 Å². The predicted octanol–water partition coefficient (Wildman–Crippen LogP) is 4.08. The lowest BCUT2D eigenvalue weighted by Crippen LogP contribution is -2.30. The second-order valence-electron chi connectivity index (χ2n) is 5.76. The zero-order valence-corrected chi connectivity index (χ0v) is 15.5. The molecule has 0 radical (unpaired) electrons. The van der Waals surface area contributed by atoms with Gasteiger partial charge in [0.05, 0.1) is 23.9 Å². The highest BCUT2D eigenvalue weighted by Crippen LogP contribution is 2.28. The Balaban J connectivity index is 1.74. The molecule has 1 atom stereocenters. The summed E-state index contributed by atoms with van der Waals surface area (Å²) < 4.78 is 10.5. The van der Waals surface area contributed by atoms with Crippen LogP contribution in [-0.2, 0) is 9.53 Å². The number of amides is 1. The number of nitrogens with zero attached hydrogens (tertiary/aromatic N) is 1. The van der Waals surface area contributed by atoms with E-state index in [0.29, 0.717) is 32.9 Å². The van der Waals surface area contributed by atoms with Gasteiger partial charge in [-0.05, 0) is 43.3 Å². The van der Waals surface area contributed by atoms with Crippen molar-refractivity contribution in [3.63, 3.8) is 0 Å². The van der Waals surface area contributed by atoms with Crippen molar-refractivity contribution in [2.45, 2.75) is 13.0 Å². The van der Waals surface area contributed by atoms with Crippen molar-refractivity contribution in [1.29, 1.82) is 0 Å². The number of methoxy groups -OCH3 is 1. The molecule has 6 nitrogen and oxygen atoms in total. The van der Waals surface area contributed by atoms with Gasteiger partial charge in [-0.1, -0.05) is 23.7 Å². The van der Waals surface area contributed by atoms with Crippen LogP contribution in [0.25, 0.3) is 10.9 Å². The lowest BCUT2D eigenvalue weighted by Gasteiger charge is -2.16. The minimum Gasteiger partial charge on any atom is -0.495 e. The fourth-order valence-corrected chi connectivity index (χ4v) is 2.74. The van der Waals surface area contributed by atoms with Crippen molar-refractivity contribution < 1.29 is 19.1 Å². The normalized spacial score (nSPS) is 11.7. The summed E-state index contributed by atoms with van der Waals surface area (Å²) in [5, 5.41) is 3.76. The lowest BCUT2D eigenvalue weighted by molar-refractivity contribution is -0.123. The molecule has 1 amide bonds. The second-order valence-corrected chi connectivity index (χ2v) is 6.19. The third-order valence-electron chi connectivity index (χ3n) is 3.94. The van der Waals surface area contributed by atoms with E-state index in [9.17, 15) is 9.59 Å². The van der Waals surface area contributed by atoms with Crippen LogP contribution in [0.2, 0.25) is 5.02 Å². The zero-order valence-electron chi connectivity index (χ0n) is 14.7. The van der Waals surface area contributed by atoms with E-state index in [1.807, 2.05) is 0 Å². The van der Waals surface area contributed by atoms with E-state index < -0.39 is 18.0 Å². The molecule has 0 spiro atoms. The van der Waals surface area contributed by atoms with Gasteiger partial charge in [-0.2, -0.15) is 0 Å². The number of pyridine rings is 1. The van der Waals surface area contributed by atoms with Gasteiger partial charge in [-0.3, -0.25) is 9.78 Å². The Labute approximate surface area is 161 Å². The highest BCUT2D eigenvalue weighted by Gasteiger charge is 2.21. The number of rotatable bonds is 5. The minimum atomic E-state index is -1.02. The summed E-state index contributed by atoms with van der Waals surface area (Å²) in [6.45, 7) is 1.49. The predicted molar refractivity (Wildman–Crippen MR) is 103 cm³/mol. The first kappa shape index (κ1) is 18.7. The molecular weight excluding hydrogens is 368 g/mol. The van der Waals surface area contributed by atoms with Gasteiger partial charge in [0.25, 0.3) is 5.91 Å². The monoisotopic (exact) mass is 384 g/mol. The van der Waals surface area contributed by atoms with Crippen molar-refractivity contribution in [2.24, 2.45) is 0 Å². The highest BCUT2D eigenvalue weighted by atomic mass is 35.5. The molecule has 7 heteroatoms. The Hall–Kier alpha value is -3.12. The fourth-order valence-electron chi connectivity index (χ4n) is 2.57. The van der Waals surface area contributed by atoms with E-state index in [1.54, 1.807) is 54.7 Å². The van der Waals surface area contributed by atoms with Crippen LogP contribution in [0.5, 0.6) is 5.75 Å². The maximum Gasteiger partial charge on any atom is 0.339 e. The van der Waals surface area contributed by atoms with Crippen molar-refractivity contribution >= 4 is 40.1 Å². The Bertz CT molecular complexity index is 1000. The van der Waals surface area contributed by atoms with Crippen LogP contribution in [-0.4, -0.2) is 30.1 Å². The first-order chi connectivity index (χ1) is 13.0. The molecule has 138 valence electrons. The Morgan fingerprint density at radius 2 is 1.96 bits per heavy atom. The molecule has 0 aliphatic carbocycles. The van der Waals surface area contributed by atoms with Gasteiger partial charge >= 0.3 is 5.97 Å². The number of halogens is 1. The Kier molecular flexibility index (Phi) is 5.57. The van der Waals surface area contributed by atoms with Crippen LogP contribution in [0.3, 0.4) is 0 Å². The van der Waals surface area contributed by atoms with E-state index in [1.165, 1.54) is 14.0 Å². The van der Waals surface area contributed by atoms with Crippen LogP contribution in [0.15, 0.2) is 54.7 Å². The van der Waals surface area contributed by atoms with Crippen LogP contribution < -0.4 is 10.1 Å². The van der Waals surface area contributed by atoms with Gasteiger partial charge in [0.15, 0.2) is 6.10 Å². The number of ether oxygens (including phenoxy) is 2. The van der Waals surface area contributed by atoms with Crippen molar-refractivity contribution in [2.75, 3.05) is 12.4 Å². The first-order valence-corrected chi connectivity index (χ1v) is 8.56. The van der Waals surface area contributed by atoms with Crippen LogP contribution in [0.1, 0.15) is 17.3 Å². The number of hydrogen-bond donors (Lipinski definition) is 1. The number of anilines is 1. The molecule has 1 N–H and O–H groups in total. The summed E-state index contributed by atoms with van der Waals surface area (Å²) in [5.41, 5.74) is 1.42.